The van der Waals surface area contributed by atoms with Gasteiger partial charge in [-0.1, -0.05) is 42.5 Å². The van der Waals surface area contributed by atoms with Crippen LogP contribution in [0.25, 0.3) is 0 Å². The molecule has 1 aromatic carbocycles. The van der Waals surface area contributed by atoms with E-state index in [2.05, 4.69) is 5.32 Å². The van der Waals surface area contributed by atoms with Crippen molar-refractivity contribution < 1.29 is 24.2 Å². The number of rotatable bonds is 6. The first-order valence-electron chi connectivity index (χ1n) is 11.5. The van der Waals surface area contributed by atoms with Gasteiger partial charge in [-0.15, -0.1) is 0 Å². The van der Waals surface area contributed by atoms with Crippen LogP contribution in [0.3, 0.4) is 0 Å². The van der Waals surface area contributed by atoms with Gasteiger partial charge in [0, 0.05) is 19.0 Å². The molecule has 32 heavy (non-hydrogen) atoms. The van der Waals surface area contributed by atoms with Crippen molar-refractivity contribution in [2.24, 2.45) is 11.8 Å². The zero-order valence-corrected chi connectivity index (χ0v) is 18.7. The van der Waals surface area contributed by atoms with Crippen LogP contribution in [0.4, 0.5) is 0 Å². The predicted molar refractivity (Wildman–Crippen MR) is 121 cm³/mol. The summed E-state index contributed by atoms with van der Waals surface area (Å²) >= 11 is 0. The molecule has 1 aromatic rings. The Hall–Kier alpha value is -2.67. The highest BCUT2D eigenvalue weighted by Crippen LogP contribution is 2.25. The minimum Gasteiger partial charge on any atom is -0.463 e. The Morgan fingerprint density at radius 2 is 1.91 bits per heavy atom. The molecule has 0 saturated carbocycles. The van der Waals surface area contributed by atoms with Crippen LogP contribution in [-0.4, -0.2) is 59.6 Å². The molecule has 1 fully saturated rings. The van der Waals surface area contributed by atoms with E-state index in [0.29, 0.717) is 25.8 Å². The van der Waals surface area contributed by atoms with Crippen LogP contribution in [0.5, 0.6) is 0 Å². The number of esters is 1. The predicted octanol–water partition coefficient (Wildman–Crippen LogP) is 2.23. The summed E-state index contributed by atoms with van der Waals surface area (Å²) in [5.41, 5.74) is 1.08. The molecular formula is C25H34N2O5. The maximum Gasteiger partial charge on any atom is 0.309 e. The molecule has 0 spiro atoms. The molecule has 1 saturated heterocycles. The number of benzene rings is 1. The summed E-state index contributed by atoms with van der Waals surface area (Å²) in [4.78, 5) is 40.2. The average Bonchev–Trinajstić information content (AvgIpc) is 3.26. The van der Waals surface area contributed by atoms with E-state index in [9.17, 15) is 19.5 Å². The highest BCUT2D eigenvalue weighted by molar-refractivity contribution is 5.86. The number of nitrogens with one attached hydrogen (secondary N) is 1. The fraction of sp³-hybridized carbons (Fsp3) is 0.560. The van der Waals surface area contributed by atoms with Crippen molar-refractivity contribution >= 4 is 17.8 Å². The summed E-state index contributed by atoms with van der Waals surface area (Å²) in [5.74, 6) is -1.30. The van der Waals surface area contributed by atoms with Crippen molar-refractivity contribution in [1.29, 1.82) is 0 Å². The van der Waals surface area contributed by atoms with Gasteiger partial charge < -0.3 is 20.1 Å². The van der Waals surface area contributed by atoms with Crippen LogP contribution in [0.1, 0.15) is 44.6 Å². The van der Waals surface area contributed by atoms with Crippen LogP contribution < -0.4 is 5.32 Å². The molecule has 7 nitrogen and oxygen atoms in total. The van der Waals surface area contributed by atoms with Gasteiger partial charge >= 0.3 is 5.97 Å². The Balaban J connectivity index is 1.74. The number of aliphatic hydroxyl groups excluding tert-OH is 1. The van der Waals surface area contributed by atoms with Gasteiger partial charge in [0.25, 0.3) is 0 Å². The van der Waals surface area contributed by atoms with Gasteiger partial charge in [-0.3, -0.25) is 14.4 Å². The Kier molecular flexibility index (Phi) is 8.85. The first-order chi connectivity index (χ1) is 15.5. The van der Waals surface area contributed by atoms with Crippen molar-refractivity contribution in [3.05, 3.63) is 48.0 Å². The third-order valence-corrected chi connectivity index (χ3v) is 6.21. The van der Waals surface area contributed by atoms with Crippen molar-refractivity contribution in [2.75, 3.05) is 19.8 Å². The molecule has 2 aliphatic rings. The Morgan fingerprint density at radius 3 is 2.62 bits per heavy atom. The van der Waals surface area contributed by atoms with Gasteiger partial charge in [-0.05, 0) is 44.6 Å². The van der Waals surface area contributed by atoms with Gasteiger partial charge in [0.2, 0.25) is 11.8 Å². The maximum atomic E-state index is 13.2. The lowest BCUT2D eigenvalue weighted by Gasteiger charge is -2.29. The van der Waals surface area contributed by atoms with E-state index in [-0.39, 0.29) is 55.4 Å². The molecule has 0 radical (unpaired) electrons. The normalized spacial score (nSPS) is 25.3. The Bertz CT molecular complexity index is 810. The van der Waals surface area contributed by atoms with Gasteiger partial charge in [0.15, 0.2) is 0 Å². The molecule has 2 heterocycles. The molecule has 0 unspecified atom stereocenters. The number of fused-ring (bicyclic) bond motifs is 1. The quantitative estimate of drug-likeness (QED) is 0.520. The third kappa shape index (κ3) is 6.66. The molecule has 4 atom stereocenters. The number of carbonyl (C=O) groups is 3. The summed E-state index contributed by atoms with van der Waals surface area (Å²) in [6, 6.07) is 9.39. The smallest absolute Gasteiger partial charge is 0.309 e. The second kappa shape index (κ2) is 11.8. The van der Waals surface area contributed by atoms with Crippen LogP contribution in [0, 0.1) is 11.8 Å². The molecule has 174 valence electrons. The average molecular weight is 443 g/mol. The van der Waals surface area contributed by atoms with Crippen LogP contribution >= 0.6 is 0 Å². The molecule has 2 N–H and O–H groups in total. The van der Waals surface area contributed by atoms with E-state index < -0.39 is 5.92 Å². The monoisotopic (exact) mass is 442 g/mol. The van der Waals surface area contributed by atoms with E-state index >= 15 is 0 Å². The molecule has 0 aromatic heterocycles. The largest absolute Gasteiger partial charge is 0.463 e. The van der Waals surface area contributed by atoms with Crippen LogP contribution in [0.2, 0.25) is 0 Å². The number of hydrogen-bond donors (Lipinski definition) is 2. The highest BCUT2D eigenvalue weighted by atomic mass is 16.5. The topological polar surface area (TPSA) is 95.9 Å². The molecule has 2 amide bonds. The lowest BCUT2D eigenvalue weighted by atomic mass is 9.94. The molecule has 2 aliphatic heterocycles. The van der Waals surface area contributed by atoms with Crippen molar-refractivity contribution in [3.63, 3.8) is 0 Å². The number of carbonyl (C=O) groups excluding carboxylic acids is 3. The first-order valence-corrected chi connectivity index (χ1v) is 11.5. The third-order valence-electron chi connectivity index (χ3n) is 6.21. The summed E-state index contributed by atoms with van der Waals surface area (Å²) in [7, 11) is 0. The Morgan fingerprint density at radius 1 is 1.19 bits per heavy atom. The summed E-state index contributed by atoms with van der Waals surface area (Å²) in [6.07, 6.45) is 7.12. The van der Waals surface area contributed by atoms with Crippen molar-refractivity contribution in [1.82, 2.24) is 10.2 Å². The second-order valence-corrected chi connectivity index (χ2v) is 8.84. The van der Waals surface area contributed by atoms with Gasteiger partial charge in [0.1, 0.15) is 6.61 Å². The zero-order valence-electron chi connectivity index (χ0n) is 18.7. The number of cyclic esters (lactones) is 1. The number of aliphatic hydroxyl groups is 1. The lowest BCUT2D eigenvalue weighted by Crippen LogP contribution is -2.44. The SMILES string of the molecule is C[C@H](CO)NC(=O)C[C@H]1CC=CC[C@H](Cc2ccccc2)C(=O)OC[C@@H]2CCCN2C1=O. The summed E-state index contributed by atoms with van der Waals surface area (Å²) < 4.78 is 5.67. The Labute approximate surface area is 189 Å². The zero-order chi connectivity index (χ0) is 22.9. The maximum absolute atomic E-state index is 13.2. The fourth-order valence-corrected chi connectivity index (χ4v) is 4.39. The van der Waals surface area contributed by atoms with E-state index in [0.717, 1.165) is 18.4 Å². The number of amides is 2. The molecule has 3 rings (SSSR count). The standard InChI is InChI=1S/C25H34N2O5/c1-18(16-28)26-23(29)15-20-10-5-6-11-21(14-19-8-3-2-4-9-19)25(31)32-17-22-12-7-13-27(22)24(20)30/h2-6,8-9,18,20-22,28H,7,10-17H2,1H3,(H,26,29)/t18-,20-,21-,22+/m1/s1. The first kappa shape index (κ1) is 24.0. The van der Waals surface area contributed by atoms with Gasteiger partial charge in [-0.25, -0.2) is 0 Å². The number of nitrogens with zero attached hydrogens (tertiary/aromatic N) is 1. The summed E-state index contributed by atoms with van der Waals surface area (Å²) in [5, 5.41) is 11.9. The molecule has 0 bridgehead atoms. The van der Waals surface area contributed by atoms with Crippen LogP contribution in [-0.2, 0) is 25.5 Å². The van der Waals surface area contributed by atoms with E-state index in [1.807, 2.05) is 42.5 Å². The molecule has 0 aliphatic carbocycles. The fourth-order valence-electron chi connectivity index (χ4n) is 4.39. The number of hydrogen-bond acceptors (Lipinski definition) is 5. The van der Waals surface area contributed by atoms with Crippen molar-refractivity contribution in [3.8, 4) is 0 Å². The highest BCUT2D eigenvalue weighted by Gasteiger charge is 2.35. The van der Waals surface area contributed by atoms with E-state index in [1.165, 1.54) is 0 Å². The summed E-state index contributed by atoms with van der Waals surface area (Å²) in [6.45, 7) is 2.38. The molecule has 7 heteroatoms. The molecular weight excluding hydrogens is 408 g/mol. The van der Waals surface area contributed by atoms with Gasteiger partial charge in [-0.2, -0.15) is 0 Å². The second-order valence-electron chi connectivity index (χ2n) is 8.84. The van der Waals surface area contributed by atoms with E-state index in [4.69, 9.17) is 4.74 Å². The van der Waals surface area contributed by atoms with Crippen LogP contribution in [0.15, 0.2) is 42.5 Å². The van der Waals surface area contributed by atoms with Gasteiger partial charge in [0.05, 0.1) is 24.5 Å². The number of ether oxygens (including phenoxy) is 1. The minimum absolute atomic E-state index is 0.0681. The number of allylic oxidation sites excluding steroid dienone is 2. The van der Waals surface area contributed by atoms with E-state index in [1.54, 1.807) is 11.8 Å². The minimum atomic E-state index is -0.472. The van der Waals surface area contributed by atoms with Crippen molar-refractivity contribution in [2.45, 2.75) is 57.5 Å². The lowest BCUT2D eigenvalue weighted by molar-refractivity contribution is -0.152.